The first kappa shape index (κ1) is 15.2. The summed E-state index contributed by atoms with van der Waals surface area (Å²) in [7, 11) is 0. The predicted octanol–water partition coefficient (Wildman–Crippen LogP) is -0.919. The quantitative estimate of drug-likeness (QED) is 0.556. The maximum atomic E-state index is 11.4. The second kappa shape index (κ2) is 7.52. The molecule has 4 N–H and O–H groups in total. The van der Waals surface area contributed by atoms with E-state index < -0.39 is 0 Å². The monoisotopic (exact) mass is 267 g/mol. The van der Waals surface area contributed by atoms with E-state index in [9.17, 15) is 9.59 Å². The van der Waals surface area contributed by atoms with Crippen molar-refractivity contribution in [3.05, 3.63) is 17.5 Å². The van der Waals surface area contributed by atoms with Crippen molar-refractivity contribution in [2.45, 2.75) is 26.8 Å². The Labute approximate surface area is 112 Å². The van der Waals surface area contributed by atoms with Gasteiger partial charge in [-0.25, -0.2) is 0 Å². The van der Waals surface area contributed by atoms with Gasteiger partial charge in [-0.05, 0) is 26.3 Å². The zero-order chi connectivity index (χ0) is 14.3. The lowest BCUT2D eigenvalue weighted by Crippen LogP contribution is -2.39. The molecule has 0 aliphatic heterocycles. The van der Waals surface area contributed by atoms with Gasteiger partial charge in [0.1, 0.15) is 0 Å². The van der Waals surface area contributed by atoms with Gasteiger partial charge in [0.25, 0.3) is 0 Å². The van der Waals surface area contributed by atoms with E-state index in [2.05, 4.69) is 15.7 Å². The number of hydrogen-bond donors (Lipinski definition) is 3. The van der Waals surface area contributed by atoms with Crippen molar-refractivity contribution in [3.8, 4) is 0 Å². The standard InChI is InChI=1S/C12H21N5O2/c1-9-6-10(2)17(16-9)5-3-4-14-12(19)8-15-11(18)7-13/h6H,3-5,7-8,13H2,1-2H3,(H,14,19)(H,15,18). The Morgan fingerprint density at radius 3 is 2.63 bits per heavy atom. The smallest absolute Gasteiger partial charge is 0.239 e. The van der Waals surface area contributed by atoms with E-state index in [1.54, 1.807) is 0 Å². The Hall–Kier alpha value is -1.89. The van der Waals surface area contributed by atoms with Crippen molar-refractivity contribution in [3.63, 3.8) is 0 Å². The van der Waals surface area contributed by atoms with Gasteiger partial charge in [0, 0.05) is 18.8 Å². The van der Waals surface area contributed by atoms with Gasteiger partial charge >= 0.3 is 0 Å². The number of hydrogen-bond acceptors (Lipinski definition) is 4. The fraction of sp³-hybridized carbons (Fsp3) is 0.583. The van der Waals surface area contributed by atoms with Crippen LogP contribution in [0.2, 0.25) is 0 Å². The molecule has 0 unspecified atom stereocenters. The Morgan fingerprint density at radius 1 is 1.32 bits per heavy atom. The molecule has 0 fully saturated rings. The third-order valence-electron chi connectivity index (χ3n) is 2.60. The summed E-state index contributed by atoms with van der Waals surface area (Å²) in [5.74, 6) is -0.548. The molecule has 7 heteroatoms. The first-order chi connectivity index (χ1) is 9.02. The molecular formula is C12H21N5O2. The average Bonchev–Trinajstić information content (AvgIpc) is 2.70. The molecule has 106 valence electrons. The van der Waals surface area contributed by atoms with E-state index in [4.69, 9.17) is 5.73 Å². The van der Waals surface area contributed by atoms with Crippen LogP contribution in [0.15, 0.2) is 6.07 Å². The van der Waals surface area contributed by atoms with Gasteiger partial charge in [0.15, 0.2) is 0 Å². The van der Waals surface area contributed by atoms with E-state index in [0.717, 1.165) is 24.4 Å². The summed E-state index contributed by atoms with van der Waals surface area (Å²) >= 11 is 0. The Bertz CT molecular complexity index is 441. The van der Waals surface area contributed by atoms with E-state index in [0.29, 0.717) is 6.54 Å². The van der Waals surface area contributed by atoms with Crippen molar-refractivity contribution in [2.24, 2.45) is 5.73 Å². The zero-order valence-corrected chi connectivity index (χ0v) is 11.4. The Morgan fingerprint density at radius 2 is 2.05 bits per heavy atom. The highest BCUT2D eigenvalue weighted by atomic mass is 16.2. The van der Waals surface area contributed by atoms with Gasteiger partial charge in [-0.15, -0.1) is 0 Å². The van der Waals surface area contributed by atoms with Gasteiger partial charge in [-0.1, -0.05) is 0 Å². The molecule has 0 saturated carbocycles. The minimum absolute atomic E-state index is 0.0318. The lowest BCUT2D eigenvalue weighted by Gasteiger charge is -2.07. The molecule has 2 amide bonds. The molecule has 0 aliphatic rings. The molecular weight excluding hydrogens is 246 g/mol. The molecule has 0 bridgehead atoms. The van der Waals surface area contributed by atoms with Crippen molar-refractivity contribution in [1.82, 2.24) is 20.4 Å². The van der Waals surface area contributed by atoms with Crippen LogP contribution in [0.3, 0.4) is 0 Å². The van der Waals surface area contributed by atoms with E-state index in [1.165, 1.54) is 0 Å². The summed E-state index contributed by atoms with van der Waals surface area (Å²) in [6, 6.07) is 2.01. The normalized spacial score (nSPS) is 10.3. The Kier molecular flexibility index (Phi) is 6.01. The lowest BCUT2D eigenvalue weighted by atomic mass is 10.4. The van der Waals surface area contributed by atoms with E-state index in [-0.39, 0.29) is 24.9 Å². The van der Waals surface area contributed by atoms with Crippen LogP contribution in [-0.2, 0) is 16.1 Å². The molecule has 1 aromatic heterocycles. The van der Waals surface area contributed by atoms with Crippen LogP contribution < -0.4 is 16.4 Å². The largest absolute Gasteiger partial charge is 0.355 e. The van der Waals surface area contributed by atoms with E-state index in [1.807, 2.05) is 24.6 Å². The molecule has 0 atom stereocenters. The highest BCUT2D eigenvalue weighted by molar-refractivity contribution is 5.85. The van der Waals surface area contributed by atoms with Crippen LogP contribution >= 0.6 is 0 Å². The number of nitrogens with two attached hydrogens (primary N) is 1. The number of carbonyl (C=O) groups excluding carboxylic acids is 2. The average molecular weight is 267 g/mol. The van der Waals surface area contributed by atoms with Crippen LogP contribution in [0.4, 0.5) is 0 Å². The van der Waals surface area contributed by atoms with Gasteiger partial charge in [0.05, 0.1) is 18.8 Å². The molecule has 1 rings (SSSR count). The molecule has 7 nitrogen and oxygen atoms in total. The van der Waals surface area contributed by atoms with Crippen LogP contribution in [-0.4, -0.2) is 41.2 Å². The van der Waals surface area contributed by atoms with Gasteiger partial charge in [-0.2, -0.15) is 5.10 Å². The molecule has 0 saturated heterocycles. The summed E-state index contributed by atoms with van der Waals surface area (Å²) in [4.78, 5) is 22.2. The van der Waals surface area contributed by atoms with Crippen LogP contribution in [0, 0.1) is 13.8 Å². The second-order valence-corrected chi connectivity index (χ2v) is 4.33. The summed E-state index contributed by atoms with van der Waals surface area (Å²) < 4.78 is 1.91. The fourth-order valence-corrected chi connectivity index (χ4v) is 1.67. The summed E-state index contributed by atoms with van der Waals surface area (Å²) in [5, 5.41) is 9.46. The van der Waals surface area contributed by atoms with Crippen LogP contribution in [0.5, 0.6) is 0 Å². The number of amides is 2. The molecule has 1 aromatic rings. The van der Waals surface area contributed by atoms with E-state index >= 15 is 0 Å². The number of aryl methyl sites for hydroxylation is 3. The topological polar surface area (TPSA) is 102 Å². The van der Waals surface area contributed by atoms with Gasteiger partial charge < -0.3 is 16.4 Å². The third-order valence-corrected chi connectivity index (χ3v) is 2.60. The zero-order valence-electron chi connectivity index (χ0n) is 11.4. The SMILES string of the molecule is Cc1cc(C)n(CCCNC(=O)CNC(=O)CN)n1. The molecule has 0 aromatic carbocycles. The summed E-state index contributed by atoms with van der Waals surface area (Å²) in [6.45, 7) is 5.12. The van der Waals surface area contributed by atoms with Crippen molar-refractivity contribution in [1.29, 1.82) is 0 Å². The van der Waals surface area contributed by atoms with Crippen LogP contribution in [0.25, 0.3) is 0 Å². The maximum absolute atomic E-state index is 11.4. The first-order valence-electron chi connectivity index (χ1n) is 6.27. The molecule has 19 heavy (non-hydrogen) atoms. The predicted molar refractivity (Wildman–Crippen MR) is 71.4 cm³/mol. The highest BCUT2D eigenvalue weighted by Crippen LogP contribution is 2.01. The number of rotatable bonds is 7. The van der Waals surface area contributed by atoms with Crippen LogP contribution in [0.1, 0.15) is 17.8 Å². The molecule has 0 spiro atoms. The number of nitrogens with zero attached hydrogens (tertiary/aromatic N) is 2. The molecule has 0 aliphatic carbocycles. The molecule has 0 radical (unpaired) electrons. The van der Waals surface area contributed by atoms with Gasteiger partial charge in [-0.3, -0.25) is 14.3 Å². The number of nitrogens with one attached hydrogen (secondary N) is 2. The second-order valence-electron chi connectivity index (χ2n) is 4.33. The maximum Gasteiger partial charge on any atom is 0.239 e. The van der Waals surface area contributed by atoms with Gasteiger partial charge in [0.2, 0.25) is 11.8 Å². The minimum Gasteiger partial charge on any atom is -0.355 e. The number of carbonyl (C=O) groups is 2. The number of aromatic nitrogens is 2. The molecule has 1 heterocycles. The first-order valence-corrected chi connectivity index (χ1v) is 6.27. The lowest BCUT2D eigenvalue weighted by molar-refractivity contribution is -0.125. The minimum atomic E-state index is -0.335. The Balaban J connectivity index is 2.15. The highest BCUT2D eigenvalue weighted by Gasteiger charge is 2.04. The van der Waals surface area contributed by atoms with Crippen molar-refractivity contribution >= 4 is 11.8 Å². The fourth-order valence-electron chi connectivity index (χ4n) is 1.67. The van der Waals surface area contributed by atoms with Crippen molar-refractivity contribution in [2.75, 3.05) is 19.6 Å². The summed E-state index contributed by atoms with van der Waals surface area (Å²) in [6.07, 6.45) is 0.790. The summed E-state index contributed by atoms with van der Waals surface area (Å²) in [5.41, 5.74) is 7.21. The third kappa shape index (κ3) is 5.52. The van der Waals surface area contributed by atoms with Crippen molar-refractivity contribution < 1.29 is 9.59 Å².